The molecule has 2 aliphatic heterocycles. The van der Waals surface area contributed by atoms with E-state index in [0.717, 1.165) is 49.9 Å². The van der Waals surface area contributed by atoms with Crippen LogP contribution < -0.4 is 10.1 Å². The van der Waals surface area contributed by atoms with Crippen molar-refractivity contribution < 1.29 is 28.6 Å². The Balaban J connectivity index is 1.54. The molecule has 2 amide bonds. The van der Waals surface area contributed by atoms with E-state index in [2.05, 4.69) is 11.9 Å². The smallest absolute Gasteiger partial charge is 0.408 e. The molecular formula is C36H52N4O6. The number of hydrogen-bond acceptors (Lipinski definition) is 8. The van der Waals surface area contributed by atoms with E-state index in [1.54, 1.807) is 24.2 Å². The number of carbonyl (C=O) groups excluding carboxylic acids is 3. The van der Waals surface area contributed by atoms with Crippen molar-refractivity contribution in [2.45, 2.75) is 117 Å². The average Bonchev–Trinajstić information content (AvgIpc) is 3.62. The van der Waals surface area contributed by atoms with Crippen molar-refractivity contribution in [1.29, 1.82) is 0 Å². The van der Waals surface area contributed by atoms with Crippen LogP contribution in [-0.4, -0.2) is 70.6 Å². The van der Waals surface area contributed by atoms with E-state index in [9.17, 15) is 14.4 Å². The lowest BCUT2D eigenvalue weighted by Gasteiger charge is -2.35. The van der Waals surface area contributed by atoms with Crippen LogP contribution in [0.3, 0.4) is 0 Å². The van der Waals surface area contributed by atoms with Crippen molar-refractivity contribution in [1.82, 2.24) is 20.2 Å². The molecule has 6 rings (SSSR count). The van der Waals surface area contributed by atoms with Crippen LogP contribution in [0.25, 0.3) is 6.08 Å². The second kappa shape index (κ2) is 13.7. The SMILES string of the molecule is C=C/C(=C\c1nc2c(nc1C)CCCCC[C@@H]1[C@H]3C[C@H](C3)[C@H]1OC(=O)N[C@@H](C(C)(C)C)C(=O)N1C[C@H](O2)[C@@H](CC)[C@H]1C(C)=O)OC. The third-order valence-electron chi connectivity index (χ3n) is 10.7. The monoisotopic (exact) mass is 636 g/mol. The van der Waals surface area contributed by atoms with Crippen molar-refractivity contribution in [2.75, 3.05) is 13.7 Å². The number of nitrogens with one attached hydrogen (secondary N) is 1. The van der Waals surface area contributed by atoms with Gasteiger partial charge in [0.1, 0.15) is 29.7 Å². The first-order valence-electron chi connectivity index (χ1n) is 17.1. The van der Waals surface area contributed by atoms with Crippen LogP contribution in [0.15, 0.2) is 18.4 Å². The van der Waals surface area contributed by atoms with E-state index in [1.165, 1.54) is 6.92 Å². The molecule has 6 atom stereocenters. The van der Waals surface area contributed by atoms with E-state index in [1.807, 2.05) is 34.6 Å². The third kappa shape index (κ3) is 6.81. The number of carbonyl (C=O) groups is 3. The van der Waals surface area contributed by atoms with Gasteiger partial charge in [-0.15, -0.1) is 0 Å². The van der Waals surface area contributed by atoms with E-state index in [-0.39, 0.29) is 30.3 Å². The number of nitrogens with zero attached hydrogens (tertiary/aromatic N) is 3. The van der Waals surface area contributed by atoms with Gasteiger partial charge in [0, 0.05) is 12.0 Å². The highest BCUT2D eigenvalue weighted by atomic mass is 16.6. The summed E-state index contributed by atoms with van der Waals surface area (Å²) in [6, 6.07) is -1.58. The molecule has 0 spiro atoms. The van der Waals surface area contributed by atoms with Gasteiger partial charge in [-0.3, -0.25) is 14.6 Å². The first kappa shape index (κ1) is 33.9. The number of aromatic nitrogens is 2. The Morgan fingerprint density at radius 2 is 1.87 bits per heavy atom. The van der Waals surface area contributed by atoms with Crippen LogP contribution in [0, 0.1) is 36.0 Å². The molecule has 3 aliphatic carbocycles. The Bertz CT molecular complexity index is 1360. The fourth-order valence-electron chi connectivity index (χ4n) is 8.14. The maximum absolute atomic E-state index is 14.4. The number of rotatable bonds is 5. The van der Waals surface area contributed by atoms with Gasteiger partial charge < -0.3 is 24.4 Å². The highest BCUT2D eigenvalue weighted by Crippen LogP contribution is 2.55. The number of allylic oxidation sites excluding steroid dienone is 1. The summed E-state index contributed by atoms with van der Waals surface area (Å²) in [5.74, 6) is 1.62. The number of alkyl carbamates (subject to hydrolysis) is 1. The summed E-state index contributed by atoms with van der Waals surface area (Å²) in [7, 11) is 1.58. The Labute approximate surface area is 273 Å². The standard InChI is InChI=1S/C36H52N4O6/c1-9-24(44-8)18-28-20(3)37-27-15-13-11-12-14-26-22-16-23(17-22)31(26)46-35(43)39-32(36(5,6)7)34(42)40-19-29(45-33(27)38-28)25(10-2)30(40)21(4)41/h9,18,22-23,25-26,29-32H,1,10-17,19H2,2-8H3,(H,39,43)/b24-18+/t22-,23+,25-,26-,29+,30-,31-,32-/m1/s1. The van der Waals surface area contributed by atoms with Gasteiger partial charge in [0.2, 0.25) is 11.8 Å². The van der Waals surface area contributed by atoms with Crippen molar-refractivity contribution in [3.63, 3.8) is 0 Å². The van der Waals surface area contributed by atoms with Crippen LogP contribution in [-0.2, 0) is 25.5 Å². The molecule has 0 radical (unpaired) electrons. The van der Waals surface area contributed by atoms with Crippen molar-refractivity contribution in [2.24, 2.45) is 29.1 Å². The van der Waals surface area contributed by atoms with Crippen LogP contribution in [0.4, 0.5) is 4.79 Å². The van der Waals surface area contributed by atoms with Crippen LogP contribution in [0.1, 0.15) is 96.6 Å². The summed E-state index contributed by atoms with van der Waals surface area (Å²) in [6.45, 7) is 15.2. The Morgan fingerprint density at radius 3 is 2.50 bits per heavy atom. The summed E-state index contributed by atoms with van der Waals surface area (Å²) in [5, 5.41) is 2.94. The molecule has 0 unspecified atom stereocenters. The highest BCUT2D eigenvalue weighted by Gasteiger charge is 2.54. The van der Waals surface area contributed by atoms with Crippen LogP contribution in [0.2, 0.25) is 0 Å². The zero-order valence-electron chi connectivity index (χ0n) is 28.6. The summed E-state index contributed by atoms with van der Waals surface area (Å²) >= 11 is 0. The Hall–Kier alpha value is -3.43. The minimum Gasteiger partial charge on any atom is -0.497 e. The Kier molecular flexibility index (Phi) is 10.1. The molecular weight excluding hydrogens is 584 g/mol. The number of Topliss-reactive ketones (excluding diaryl/α,β-unsaturated/α-hetero) is 1. The maximum atomic E-state index is 14.4. The van der Waals surface area contributed by atoms with Crippen molar-refractivity contribution >= 4 is 23.9 Å². The van der Waals surface area contributed by atoms with Gasteiger partial charge >= 0.3 is 6.09 Å². The molecule has 4 bridgehead atoms. The first-order valence-corrected chi connectivity index (χ1v) is 17.1. The fraction of sp³-hybridized carbons (Fsp3) is 0.694. The molecule has 0 aromatic carbocycles. The van der Waals surface area contributed by atoms with E-state index in [4.69, 9.17) is 24.2 Å². The van der Waals surface area contributed by atoms with Crippen LogP contribution >= 0.6 is 0 Å². The molecule has 1 aromatic rings. The van der Waals surface area contributed by atoms with E-state index in [0.29, 0.717) is 47.9 Å². The summed E-state index contributed by atoms with van der Waals surface area (Å²) in [4.78, 5) is 52.5. The lowest BCUT2D eigenvalue weighted by atomic mass is 9.81. The van der Waals surface area contributed by atoms with Gasteiger partial charge in [-0.1, -0.05) is 47.1 Å². The zero-order valence-corrected chi connectivity index (χ0v) is 28.6. The second-order valence-corrected chi connectivity index (χ2v) is 14.7. The van der Waals surface area contributed by atoms with Gasteiger partial charge in [-0.05, 0) is 81.6 Å². The van der Waals surface area contributed by atoms with Gasteiger partial charge in [0.15, 0.2) is 5.78 Å². The minimum absolute atomic E-state index is 0.115. The lowest BCUT2D eigenvalue weighted by Crippen LogP contribution is -2.57. The number of fused-ring (bicyclic) bond motifs is 3. The molecule has 1 N–H and O–H groups in total. The quantitative estimate of drug-likeness (QED) is 0.318. The molecule has 3 heterocycles. The normalized spacial score (nSPS) is 32.1. The van der Waals surface area contributed by atoms with Crippen LogP contribution in [0.5, 0.6) is 5.88 Å². The molecule has 252 valence electrons. The summed E-state index contributed by atoms with van der Waals surface area (Å²) in [6.07, 6.45) is 9.73. The van der Waals surface area contributed by atoms with Gasteiger partial charge in [-0.25, -0.2) is 9.78 Å². The first-order chi connectivity index (χ1) is 21.9. The van der Waals surface area contributed by atoms with Gasteiger partial charge in [-0.2, -0.15) is 0 Å². The third-order valence-corrected chi connectivity index (χ3v) is 10.7. The predicted octanol–water partition coefficient (Wildman–Crippen LogP) is 5.81. The summed E-state index contributed by atoms with van der Waals surface area (Å²) in [5.41, 5.74) is 1.52. The van der Waals surface area contributed by atoms with Gasteiger partial charge in [0.05, 0.1) is 31.1 Å². The summed E-state index contributed by atoms with van der Waals surface area (Å²) < 4.78 is 18.2. The Morgan fingerprint density at radius 1 is 1.13 bits per heavy atom. The van der Waals surface area contributed by atoms with Crippen molar-refractivity contribution in [3.05, 3.63) is 35.5 Å². The van der Waals surface area contributed by atoms with E-state index < -0.39 is 29.7 Å². The van der Waals surface area contributed by atoms with Crippen molar-refractivity contribution in [3.8, 4) is 5.88 Å². The molecule has 3 saturated carbocycles. The molecule has 4 fully saturated rings. The maximum Gasteiger partial charge on any atom is 0.408 e. The second-order valence-electron chi connectivity index (χ2n) is 14.7. The lowest BCUT2D eigenvalue weighted by molar-refractivity contribution is -0.141. The number of hydrogen-bond donors (Lipinski definition) is 1. The number of ether oxygens (including phenoxy) is 3. The predicted molar refractivity (Wildman–Crippen MR) is 175 cm³/mol. The largest absolute Gasteiger partial charge is 0.497 e. The topological polar surface area (TPSA) is 120 Å². The molecule has 10 heteroatoms. The number of ketones is 1. The fourth-order valence-corrected chi connectivity index (χ4v) is 8.14. The highest BCUT2D eigenvalue weighted by molar-refractivity contribution is 5.92. The molecule has 1 aromatic heterocycles. The molecule has 1 saturated heterocycles. The average molecular weight is 637 g/mol. The zero-order chi connectivity index (χ0) is 33.3. The minimum atomic E-state index is -0.885. The number of aryl methyl sites for hydroxylation is 2. The number of amides is 2. The van der Waals surface area contributed by atoms with Gasteiger partial charge in [0.25, 0.3) is 0 Å². The molecule has 5 aliphatic rings. The number of methoxy groups -OCH3 is 1. The molecule has 10 nitrogen and oxygen atoms in total. The van der Waals surface area contributed by atoms with E-state index >= 15 is 0 Å². The molecule has 46 heavy (non-hydrogen) atoms.